The molecule has 154 valence electrons. The predicted octanol–water partition coefficient (Wildman–Crippen LogP) is 5.02. The molecule has 1 heterocycles. The van der Waals surface area contributed by atoms with Crippen molar-refractivity contribution in [2.24, 2.45) is 5.92 Å². The molecule has 3 aromatic rings. The monoisotopic (exact) mass is 474 g/mol. The molecule has 0 bridgehead atoms. The molecule has 0 N–H and O–H groups in total. The fraction of sp³-hybridized carbons (Fsp3) is 0.231. The highest BCUT2D eigenvalue weighted by molar-refractivity contribution is 9.10. The summed E-state index contributed by atoms with van der Waals surface area (Å²) in [6, 6.07) is 24.6. The molecule has 2 aliphatic carbocycles. The molecule has 0 radical (unpaired) electrons. The minimum atomic E-state index is -0.975. The molecule has 31 heavy (non-hydrogen) atoms. The third kappa shape index (κ3) is 2.30. The van der Waals surface area contributed by atoms with E-state index >= 15 is 0 Å². The van der Waals surface area contributed by atoms with Crippen molar-refractivity contribution in [2.75, 3.05) is 7.11 Å². The van der Waals surface area contributed by atoms with Crippen molar-refractivity contribution in [3.63, 3.8) is 0 Å². The lowest BCUT2D eigenvalue weighted by Gasteiger charge is -2.31. The Kier molecular flexibility index (Phi) is 3.97. The van der Waals surface area contributed by atoms with E-state index in [4.69, 9.17) is 9.47 Å². The summed E-state index contributed by atoms with van der Waals surface area (Å²) < 4.78 is 12.3. The van der Waals surface area contributed by atoms with Crippen molar-refractivity contribution < 1.29 is 19.1 Å². The number of benzene rings is 3. The van der Waals surface area contributed by atoms with Crippen LogP contribution in [0.15, 0.2) is 77.3 Å². The second-order valence-corrected chi connectivity index (χ2v) is 9.33. The molecule has 0 saturated carbocycles. The standard InChI is InChI=1S/C26H19BrO4/c1-30-24(28)21-23-17-10-6-5-9-16(17)22-20(14-7-3-2-4-8-14)18-12-11-15(27)13-19(18)26(22,23)31-25(21)29/h2-13,20-23H,1H3/t20-,21-,22+,23+,26?/m0/s1. The number of esters is 2. The second kappa shape index (κ2) is 6.54. The largest absolute Gasteiger partial charge is 0.468 e. The molecule has 5 atom stereocenters. The minimum absolute atomic E-state index is 0.0136. The zero-order valence-electron chi connectivity index (χ0n) is 16.7. The lowest BCUT2D eigenvalue weighted by atomic mass is 9.75. The normalized spacial score (nSPS) is 29.5. The van der Waals surface area contributed by atoms with E-state index in [1.807, 2.05) is 42.5 Å². The number of carbonyl (C=O) groups is 2. The van der Waals surface area contributed by atoms with Crippen molar-refractivity contribution in [1.82, 2.24) is 0 Å². The van der Waals surface area contributed by atoms with Gasteiger partial charge in [0.1, 0.15) is 0 Å². The third-order valence-corrected chi connectivity index (χ3v) is 7.66. The number of carbonyl (C=O) groups excluding carboxylic acids is 2. The van der Waals surface area contributed by atoms with Crippen LogP contribution in [0.4, 0.5) is 0 Å². The Morgan fingerprint density at radius 3 is 2.32 bits per heavy atom. The van der Waals surface area contributed by atoms with Crippen LogP contribution in [0.25, 0.3) is 0 Å². The highest BCUT2D eigenvalue weighted by Crippen LogP contribution is 2.72. The van der Waals surface area contributed by atoms with E-state index in [1.165, 1.54) is 12.7 Å². The smallest absolute Gasteiger partial charge is 0.322 e. The van der Waals surface area contributed by atoms with Crippen molar-refractivity contribution in [3.05, 3.63) is 105 Å². The Morgan fingerprint density at radius 2 is 1.61 bits per heavy atom. The molecule has 1 fully saturated rings. The van der Waals surface area contributed by atoms with Gasteiger partial charge in [-0.15, -0.1) is 0 Å². The number of halogens is 1. The molecule has 6 rings (SSSR count). The maximum Gasteiger partial charge on any atom is 0.322 e. The first-order valence-electron chi connectivity index (χ1n) is 10.3. The maximum absolute atomic E-state index is 13.1. The van der Waals surface area contributed by atoms with Gasteiger partial charge >= 0.3 is 11.9 Å². The van der Waals surface area contributed by atoms with Gasteiger partial charge in [-0.2, -0.15) is 0 Å². The molecule has 3 aliphatic rings. The van der Waals surface area contributed by atoms with Crippen LogP contribution in [0.1, 0.15) is 45.6 Å². The van der Waals surface area contributed by atoms with Crippen molar-refractivity contribution in [2.45, 2.75) is 23.4 Å². The van der Waals surface area contributed by atoms with Gasteiger partial charge in [0.2, 0.25) is 0 Å². The Balaban J connectivity index is 1.69. The van der Waals surface area contributed by atoms with E-state index in [9.17, 15) is 9.59 Å². The highest BCUT2D eigenvalue weighted by atomic mass is 79.9. The molecule has 3 aromatic carbocycles. The SMILES string of the molecule is COC(=O)[C@H]1C(=O)OC23c4cc(Br)ccc4[C@H](c4ccccc4)[C@H]2c2ccccc2[C@H]13. The van der Waals surface area contributed by atoms with Crippen LogP contribution < -0.4 is 0 Å². The Hall–Kier alpha value is -2.92. The first-order chi connectivity index (χ1) is 15.1. The van der Waals surface area contributed by atoms with E-state index in [0.29, 0.717) is 0 Å². The van der Waals surface area contributed by atoms with Crippen molar-refractivity contribution >= 4 is 27.9 Å². The Labute approximate surface area is 188 Å². The lowest BCUT2D eigenvalue weighted by Crippen LogP contribution is -2.32. The van der Waals surface area contributed by atoms with Gasteiger partial charge < -0.3 is 9.47 Å². The van der Waals surface area contributed by atoms with Gasteiger partial charge in [-0.05, 0) is 34.4 Å². The van der Waals surface area contributed by atoms with E-state index in [1.54, 1.807) is 0 Å². The Bertz CT molecular complexity index is 1240. The molecular weight excluding hydrogens is 456 g/mol. The van der Waals surface area contributed by atoms with Crippen LogP contribution in [0.2, 0.25) is 0 Å². The van der Waals surface area contributed by atoms with Gasteiger partial charge in [0.05, 0.1) is 13.0 Å². The van der Waals surface area contributed by atoms with Gasteiger partial charge in [-0.1, -0.05) is 76.6 Å². The molecule has 1 spiro atoms. The number of fused-ring (bicyclic) bond motifs is 4. The van der Waals surface area contributed by atoms with Crippen molar-refractivity contribution in [3.8, 4) is 0 Å². The molecule has 4 nitrogen and oxygen atoms in total. The molecular formula is C26H19BrO4. The zero-order valence-corrected chi connectivity index (χ0v) is 18.3. The number of hydrogen-bond acceptors (Lipinski definition) is 4. The van der Waals surface area contributed by atoms with Crippen LogP contribution in [-0.4, -0.2) is 19.0 Å². The molecule has 1 saturated heterocycles. The van der Waals surface area contributed by atoms with Crippen LogP contribution in [-0.2, 0) is 24.7 Å². The topological polar surface area (TPSA) is 52.6 Å². The quantitative estimate of drug-likeness (QED) is 0.386. The van der Waals surface area contributed by atoms with Gasteiger partial charge in [0.15, 0.2) is 11.5 Å². The predicted molar refractivity (Wildman–Crippen MR) is 118 cm³/mol. The van der Waals surface area contributed by atoms with Crippen LogP contribution in [0, 0.1) is 5.92 Å². The molecule has 0 aromatic heterocycles. The Morgan fingerprint density at radius 1 is 0.935 bits per heavy atom. The average molecular weight is 475 g/mol. The number of hydrogen-bond donors (Lipinski definition) is 0. The van der Waals surface area contributed by atoms with Crippen LogP contribution in [0.3, 0.4) is 0 Å². The number of methoxy groups -OCH3 is 1. The number of ether oxygens (including phenoxy) is 2. The maximum atomic E-state index is 13.1. The van der Waals surface area contributed by atoms with Gasteiger partial charge in [-0.25, -0.2) is 0 Å². The first kappa shape index (κ1) is 18.8. The van der Waals surface area contributed by atoms with Gasteiger partial charge in [-0.3, -0.25) is 9.59 Å². The fourth-order valence-electron chi connectivity index (χ4n) is 6.18. The molecule has 0 amide bonds. The summed E-state index contributed by atoms with van der Waals surface area (Å²) in [7, 11) is 1.32. The van der Waals surface area contributed by atoms with Crippen molar-refractivity contribution in [1.29, 1.82) is 0 Å². The number of rotatable bonds is 2. The van der Waals surface area contributed by atoms with Gasteiger partial charge in [0.25, 0.3) is 0 Å². The summed E-state index contributed by atoms with van der Waals surface area (Å²) in [5.41, 5.74) is 4.48. The zero-order chi connectivity index (χ0) is 21.3. The highest BCUT2D eigenvalue weighted by Gasteiger charge is 2.72. The molecule has 1 aliphatic heterocycles. The summed E-state index contributed by atoms with van der Waals surface area (Å²) >= 11 is 3.61. The first-order valence-corrected chi connectivity index (χ1v) is 11.1. The third-order valence-electron chi connectivity index (χ3n) is 7.17. The van der Waals surface area contributed by atoms with E-state index in [-0.39, 0.29) is 11.8 Å². The minimum Gasteiger partial charge on any atom is -0.468 e. The lowest BCUT2D eigenvalue weighted by molar-refractivity contribution is -0.158. The summed E-state index contributed by atoms with van der Waals surface area (Å²) in [5.74, 6) is -2.54. The average Bonchev–Trinajstić information content (AvgIpc) is 3.35. The molecule has 1 unspecified atom stereocenters. The summed E-state index contributed by atoms with van der Waals surface area (Å²) in [4.78, 5) is 25.9. The molecule has 5 heteroatoms. The fourth-order valence-corrected chi connectivity index (χ4v) is 6.54. The van der Waals surface area contributed by atoms with E-state index < -0.39 is 29.4 Å². The van der Waals surface area contributed by atoms with Crippen LogP contribution in [0.5, 0.6) is 0 Å². The van der Waals surface area contributed by atoms with Crippen LogP contribution >= 0.6 is 15.9 Å². The summed E-state index contributed by atoms with van der Waals surface area (Å²) in [6.07, 6.45) is 0. The summed E-state index contributed by atoms with van der Waals surface area (Å²) in [5, 5.41) is 0. The van der Waals surface area contributed by atoms with Gasteiger partial charge in [0, 0.05) is 21.9 Å². The summed E-state index contributed by atoms with van der Waals surface area (Å²) in [6.45, 7) is 0. The van der Waals surface area contributed by atoms with E-state index in [0.717, 1.165) is 26.7 Å². The van der Waals surface area contributed by atoms with E-state index in [2.05, 4.69) is 46.3 Å². The second-order valence-electron chi connectivity index (χ2n) is 8.42.